The zero-order valence-electron chi connectivity index (χ0n) is 18.1. The van der Waals surface area contributed by atoms with Crippen molar-refractivity contribution in [3.8, 4) is 5.75 Å². The van der Waals surface area contributed by atoms with E-state index in [1.165, 1.54) is 16.9 Å². The summed E-state index contributed by atoms with van der Waals surface area (Å²) in [6.45, 7) is 0. The molecular formula is C25H29N3O3. The van der Waals surface area contributed by atoms with Crippen molar-refractivity contribution in [3.05, 3.63) is 71.1 Å². The van der Waals surface area contributed by atoms with Gasteiger partial charge in [-0.2, -0.15) is 0 Å². The molecule has 0 radical (unpaired) electrons. The van der Waals surface area contributed by atoms with Crippen molar-refractivity contribution in [3.63, 3.8) is 0 Å². The van der Waals surface area contributed by atoms with Crippen molar-refractivity contribution in [2.45, 2.75) is 44.1 Å². The molecule has 162 valence electrons. The van der Waals surface area contributed by atoms with Crippen molar-refractivity contribution in [2.24, 2.45) is 0 Å². The van der Waals surface area contributed by atoms with Crippen molar-refractivity contribution in [2.75, 3.05) is 19.4 Å². The van der Waals surface area contributed by atoms with E-state index in [0.717, 1.165) is 31.4 Å². The van der Waals surface area contributed by atoms with Crippen LogP contribution >= 0.6 is 0 Å². The normalized spacial score (nSPS) is 17.7. The molecular weight excluding hydrogens is 390 g/mol. The first kappa shape index (κ1) is 21.0. The van der Waals surface area contributed by atoms with E-state index in [1.807, 2.05) is 6.07 Å². The molecule has 1 fully saturated rings. The molecule has 0 aromatic heterocycles. The molecule has 0 heterocycles. The number of carbonyl (C=O) groups is 2. The van der Waals surface area contributed by atoms with Gasteiger partial charge in [0.25, 0.3) is 5.91 Å². The lowest BCUT2D eigenvalue weighted by Crippen LogP contribution is -2.47. The van der Waals surface area contributed by atoms with Crippen molar-refractivity contribution in [1.29, 1.82) is 0 Å². The van der Waals surface area contributed by atoms with Crippen LogP contribution in [0.5, 0.6) is 5.75 Å². The highest BCUT2D eigenvalue weighted by Crippen LogP contribution is 2.40. The lowest BCUT2D eigenvalue weighted by Gasteiger charge is -2.42. The molecule has 31 heavy (non-hydrogen) atoms. The summed E-state index contributed by atoms with van der Waals surface area (Å²) >= 11 is 0. The number of aromatic hydroxyl groups is 1. The van der Waals surface area contributed by atoms with Crippen molar-refractivity contribution < 1.29 is 14.7 Å². The molecule has 4 rings (SSSR count). The van der Waals surface area contributed by atoms with Gasteiger partial charge < -0.3 is 20.6 Å². The number of phenolic OH excluding ortho intramolecular Hbond substituents is 1. The minimum absolute atomic E-state index is 0.00902. The highest BCUT2D eigenvalue weighted by Gasteiger charge is 2.38. The second-order valence-electron chi connectivity index (χ2n) is 8.61. The number of nitrogens with zero attached hydrogens (tertiary/aromatic N) is 1. The fourth-order valence-corrected chi connectivity index (χ4v) is 4.53. The van der Waals surface area contributed by atoms with Crippen LogP contribution in [-0.2, 0) is 10.3 Å². The van der Waals surface area contributed by atoms with Gasteiger partial charge in [-0.15, -0.1) is 0 Å². The highest BCUT2D eigenvalue weighted by atomic mass is 16.3. The number of nitrogens with one attached hydrogen (secondary N) is 2. The Hall–Kier alpha value is -3.28. The monoisotopic (exact) mass is 419 g/mol. The third kappa shape index (κ3) is 4.02. The number of carbonyl (C=O) groups excluding carboxylic acids is 2. The molecule has 1 saturated carbocycles. The molecule has 0 aliphatic heterocycles. The fraction of sp³-hybridized carbons (Fsp3) is 0.360. The van der Waals surface area contributed by atoms with Crippen LogP contribution in [0, 0.1) is 0 Å². The summed E-state index contributed by atoms with van der Waals surface area (Å²) in [6, 6.07) is 15.4. The maximum absolute atomic E-state index is 12.4. The van der Waals surface area contributed by atoms with E-state index in [2.05, 4.69) is 34.9 Å². The summed E-state index contributed by atoms with van der Waals surface area (Å²) in [6.07, 6.45) is 5.87. The van der Waals surface area contributed by atoms with Gasteiger partial charge in [0.15, 0.2) is 11.5 Å². The van der Waals surface area contributed by atoms with Gasteiger partial charge in [-0.25, -0.2) is 0 Å². The first-order valence-electron chi connectivity index (χ1n) is 10.8. The Labute approximate surface area is 183 Å². The lowest BCUT2D eigenvalue weighted by atomic mass is 9.75. The number of hydrogen-bond acceptors (Lipinski definition) is 5. The number of amides is 1. The van der Waals surface area contributed by atoms with E-state index in [1.54, 1.807) is 32.3 Å². The van der Waals surface area contributed by atoms with Crippen LogP contribution in [0.25, 0.3) is 0 Å². The summed E-state index contributed by atoms with van der Waals surface area (Å²) in [4.78, 5) is 26.2. The largest absolute Gasteiger partial charge is 0.505 e. The smallest absolute Gasteiger partial charge is 0.257 e. The number of para-hydroxylation sites is 1. The summed E-state index contributed by atoms with van der Waals surface area (Å²) in [5.41, 5.74) is 2.93. The van der Waals surface area contributed by atoms with Gasteiger partial charge in [0.1, 0.15) is 5.70 Å². The van der Waals surface area contributed by atoms with E-state index in [0.29, 0.717) is 17.8 Å². The number of hydrogen-bond donors (Lipinski definition) is 3. The number of anilines is 1. The third-order valence-corrected chi connectivity index (χ3v) is 6.27. The first-order chi connectivity index (χ1) is 14.9. The van der Waals surface area contributed by atoms with Crippen LogP contribution in [0.3, 0.4) is 0 Å². The summed E-state index contributed by atoms with van der Waals surface area (Å²) in [7, 11) is 3.27. The molecule has 0 unspecified atom stereocenters. The second-order valence-corrected chi connectivity index (χ2v) is 8.61. The van der Waals surface area contributed by atoms with E-state index < -0.39 is 0 Å². The maximum atomic E-state index is 12.4. The number of ketones is 1. The predicted molar refractivity (Wildman–Crippen MR) is 121 cm³/mol. The summed E-state index contributed by atoms with van der Waals surface area (Å²) < 4.78 is 0. The molecule has 0 saturated heterocycles. The van der Waals surface area contributed by atoms with Crippen molar-refractivity contribution in [1.82, 2.24) is 10.2 Å². The first-order valence-corrected chi connectivity index (χ1v) is 10.8. The Morgan fingerprint density at radius 2 is 1.71 bits per heavy atom. The second kappa shape index (κ2) is 8.46. The minimum atomic E-state index is -0.293. The number of rotatable bonds is 6. The zero-order chi connectivity index (χ0) is 22.0. The lowest BCUT2D eigenvalue weighted by molar-refractivity contribution is -0.116. The van der Waals surface area contributed by atoms with Gasteiger partial charge in [-0.3, -0.25) is 9.59 Å². The standard InChI is InChI=1S/C25H29N3O3/c1-28(2)24(31)18-12-9-13-19(23(18)30)26-22-20(16-21(22)29)27-25(14-7-4-8-15-25)17-10-5-3-6-11-17/h3,5-6,9-13,26-27,30H,4,7-8,14-16H2,1-2H3. The average Bonchev–Trinajstić information content (AvgIpc) is 2.79. The van der Waals surface area contributed by atoms with Gasteiger partial charge in [-0.1, -0.05) is 55.7 Å². The fourth-order valence-electron chi connectivity index (χ4n) is 4.53. The Kier molecular flexibility index (Phi) is 5.72. The maximum Gasteiger partial charge on any atom is 0.257 e. The molecule has 1 amide bonds. The van der Waals surface area contributed by atoms with Crippen LogP contribution in [0.2, 0.25) is 0 Å². The molecule has 2 aromatic rings. The van der Waals surface area contributed by atoms with Crippen molar-refractivity contribution >= 4 is 17.4 Å². The molecule has 3 N–H and O–H groups in total. The van der Waals surface area contributed by atoms with E-state index in [9.17, 15) is 14.7 Å². The number of allylic oxidation sites excluding steroid dienone is 2. The Morgan fingerprint density at radius 1 is 1.00 bits per heavy atom. The molecule has 0 spiro atoms. The Bertz CT molecular complexity index is 1020. The molecule has 0 bridgehead atoms. The van der Waals surface area contributed by atoms with Crippen LogP contribution in [0.15, 0.2) is 59.9 Å². The quantitative estimate of drug-likeness (QED) is 0.613. The zero-order valence-corrected chi connectivity index (χ0v) is 18.1. The van der Waals surface area contributed by atoms with Gasteiger partial charge in [0.2, 0.25) is 0 Å². The van der Waals surface area contributed by atoms with Crippen LogP contribution < -0.4 is 10.6 Å². The predicted octanol–water partition coefficient (Wildman–Crippen LogP) is 4.14. The van der Waals surface area contributed by atoms with E-state index in [-0.39, 0.29) is 28.5 Å². The molecule has 2 aromatic carbocycles. The molecule has 6 heteroatoms. The number of Topliss-reactive ketones (excluding diaryl/α,β-unsaturated/α-hetero) is 1. The molecule has 0 atom stereocenters. The highest BCUT2D eigenvalue weighted by molar-refractivity contribution is 6.07. The van der Waals surface area contributed by atoms with Crippen LogP contribution in [-0.4, -0.2) is 35.8 Å². The number of benzene rings is 2. The molecule has 2 aliphatic rings. The summed E-state index contributed by atoms with van der Waals surface area (Å²) in [5, 5.41) is 17.4. The van der Waals surface area contributed by atoms with Gasteiger partial charge >= 0.3 is 0 Å². The van der Waals surface area contributed by atoms with Gasteiger partial charge in [-0.05, 0) is 30.5 Å². The van der Waals surface area contributed by atoms with Crippen LogP contribution in [0.4, 0.5) is 5.69 Å². The SMILES string of the molecule is CN(C)C(=O)c1cccc(NC2=C(NC3(c4ccccc4)CCCCC3)CC2=O)c1O. The Morgan fingerprint density at radius 3 is 2.35 bits per heavy atom. The Balaban J connectivity index is 1.63. The molecule has 6 nitrogen and oxygen atoms in total. The van der Waals surface area contributed by atoms with Crippen LogP contribution in [0.1, 0.15) is 54.4 Å². The average molecular weight is 420 g/mol. The molecule has 2 aliphatic carbocycles. The summed E-state index contributed by atoms with van der Waals surface area (Å²) in [5.74, 6) is -0.452. The van der Waals surface area contributed by atoms with Gasteiger partial charge in [0, 0.05) is 19.8 Å². The van der Waals surface area contributed by atoms with Gasteiger partial charge in [0.05, 0.1) is 23.2 Å². The third-order valence-electron chi connectivity index (χ3n) is 6.27. The number of phenols is 1. The minimum Gasteiger partial charge on any atom is -0.505 e. The van der Waals surface area contributed by atoms with E-state index in [4.69, 9.17) is 0 Å². The van der Waals surface area contributed by atoms with E-state index >= 15 is 0 Å². The topological polar surface area (TPSA) is 81.7 Å².